The molecule has 1 amide bonds. The zero-order valence-corrected chi connectivity index (χ0v) is 18.8. The lowest BCUT2D eigenvalue weighted by molar-refractivity contribution is 0.0757. The van der Waals surface area contributed by atoms with Gasteiger partial charge in [-0.1, -0.05) is 42.5 Å². The van der Waals surface area contributed by atoms with E-state index in [1.165, 1.54) is 5.56 Å². The molecule has 30 heavy (non-hydrogen) atoms. The van der Waals surface area contributed by atoms with Gasteiger partial charge in [-0.2, -0.15) is 0 Å². The topological polar surface area (TPSA) is 57.7 Å². The van der Waals surface area contributed by atoms with Gasteiger partial charge in [0.1, 0.15) is 0 Å². The summed E-state index contributed by atoms with van der Waals surface area (Å²) in [4.78, 5) is 17.6. The second kappa shape index (κ2) is 10.2. The first kappa shape index (κ1) is 22.5. The monoisotopic (exact) mass is 428 g/mol. The molecule has 0 bridgehead atoms. The maximum atomic E-state index is 13.2. The van der Waals surface area contributed by atoms with Crippen LogP contribution in [-0.4, -0.2) is 62.1 Å². The Morgan fingerprint density at radius 2 is 1.63 bits per heavy atom. The number of sulfone groups is 1. The second-order valence-electron chi connectivity index (χ2n) is 8.17. The Bertz CT molecular complexity index is 942. The Hall–Kier alpha value is -2.18. The summed E-state index contributed by atoms with van der Waals surface area (Å²) in [5.74, 6) is -0.180. The van der Waals surface area contributed by atoms with Crippen LogP contribution in [0.5, 0.6) is 0 Å². The van der Waals surface area contributed by atoms with Crippen LogP contribution in [0.15, 0.2) is 59.5 Å². The molecule has 0 N–H and O–H groups in total. The molecule has 1 saturated heterocycles. The lowest BCUT2D eigenvalue weighted by atomic mass is 10.1. The van der Waals surface area contributed by atoms with E-state index in [4.69, 9.17) is 0 Å². The number of aryl methyl sites for hydroxylation is 1. The number of rotatable bonds is 7. The van der Waals surface area contributed by atoms with Gasteiger partial charge >= 0.3 is 0 Å². The number of hydrogen-bond acceptors (Lipinski definition) is 4. The molecular formula is C24H32N2O3S. The zero-order chi connectivity index (χ0) is 21.6. The number of amides is 1. The molecule has 2 aromatic carbocycles. The van der Waals surface area contributed by atoms with E-state index in [-0.39, 0.29) is 10.8 Å². The summed E-state index contributed by atoms with van der Waals surface area (Å²) in [5, 5.41) is -0.560. The summed E-state index contributed by atoms with van der Waals surface area (Å²) in [5.41, 5.74) is 1.65. The Morgan fingerprint density at radius 1 is 0.933 bits per heavy atom. The van der Waals surface area contributed by atoms with Crippen molar-refractivity contribution in [2.75, 3.05) is 32.7 Å². The van der Waals surface area contributed by atoms with Crippen LogP contribution < -0.4 is 0 Å². The minimum absolute atomic E-state index is 0.147. The SMILES string of the molecule is CC(C)S(=O)(=O)c1ccccc1C(=O)N1CCCN(CCCc2ccccc2)CC1. The molecule has 3 rings (SSSR count). The van der Waals surface area contributed by atoms with E-state index >= 15 is 0 Å². The van der Waals surface area contributed by atoms with Gasteiger partial charge < -0.3 is 9.80 Å². The van der Waals surface area contributed by atoms with Gasteiger partial charge in [-0.3, -0.25) is 4.79 Å². The van der Waals surface area contributed by atoms with Crippen molar-refractivity contribution in [2.45, 2.75) is 43.3 Å². The number of nitrogens with zero attached hydrogens (tertiary/aromatic N) is 2. The van der Waals surface area contributed by atoms with Crippen molar-refractivity contribution in [1.29, 1.82) is 0 Å². The van der Waals surface area contributed by atoms with Crippen LogP contribution in [0.1, 0.15) is 42.6 Å². The Kier molecular flexibility index (Phi) is 7.67. The van der Waals surface area contributed by atoms with E-state index < -0.39 is 15.1 Å². The Labute approximate surface area is 180 Å². The molecule has 1 fully saturated rings. The molecule has 2 aromatic rings. The molecule has 0 atom stereocenters. The molecule has 1 aliphatic heterocycles. The van der Waals surface area contributed by atoms with E-state index in [0.717, 1.165) is 38.9 Å². The number of carbonyl (C=O) groups excluding carboxylic acids is 1. The van der Waals surface area contributed by atoms with Gasteiger partial charge in [0.25, 0.3) is 5.91 Å². The highest BCUT2D eigenvalue weighted by Crippen LogP contribution is 2.22. The lowest BCUT2D eigenvalue weighted by Gasteiger charge is -2.23. The fourth-order valence-electron chi connectivity index (χ4n) is 3.86. The van der Waals surface area contributed by atoms with E-state index in [0.29, 0.717) is 18.7 Å². The van der Waals surface area contributed by atoms with Crippen molar-refractivity contribution in [2.24, 2.45) is 0 Å². The molecule has 0 aromatic heterocycles. The summed E-state index contributed by atoms with van der Waals surface area (Å²) >= 11 is 0. The predicted molar refractivity (Wildman–Crippen MR) is 120 cm³/mol. The van der Waals surface area contributed by atoms with Crippen LogP contribution in [-0.2, 0) is 16.3 Å². The third-order valence-corrected chi connectivity index (χ3v) is 7.91. The highest BCUT2D eigenvalue weighted by molar-refractivity contribution is 7.92. The fourth-order valence-corrected chi connectivity index (χ4v) is 5.10. The van der Waals surface area contributed by atoms with E-state index in [1.807, 2.05) is 11.0 Å². The van der Waals surface area contributed by atoms with Gasteiger partial charge in [0.05, 0.1) is 15.7 Å². The molecule has 6 heteroatoms. The highest BCUT2D eigenvalue weighted by Gasteiger charge is 2.28. The molecule has 0 unspecified atom stereocenters. The fraction of sp³-hybridized carbons (Fsp3) is 0.458. The zero-order valence-electron chi connectivity index (χ0n) is 18.0. The van der Waals surface area contributed by atoms with Crippen LogP contribution >= 0.6 is 0 Å². The van der Waals surface area contributed by atoms with Crippen LogP contribution in [0, 0.1) is 0 Å². The molecular weight excluding hydrogens is 396 g/mol. The van der Waals surface area contributed by atoms with E-state index in [1.54, 1.807) is 38.1 Å². The van der Waals surface area contributed by atoms with Crippen molar-refractivity contribution in [3.8, 4) is 0 Å². The van der Waals surface area contributed by atoms with Gasteiger partial charge in [-0.05, 0) is 63.9 Å². The third-order valence-electron chi connectivity index (χ3n) is 5.70. The van der Waals surface area contributed by atoms with Crippen molar-refractivity contribution in [1.82, 2.24) is 9.80 Å². The molecule has 1 heterocycles. The summed E-state index contributed by atoms with van der Waals surface area (Å²) in [6.07, 6.45) is 3.05. The number of hydrogen-bond donors (Lipinski definition) is 0. The van der Waals surface area contributed by atoms with Gasteiger partial charge in [-0.25, -0.2) is 8.42 Å². The van der Waals surface area contributed by atoms with Gasteiger partial charge in [0, 0.05) is 19.6 Å². The van der Waals surface area contributed by atoms with E-state index in [9.17, 15) is 13.2 Å². The van der Waals surface area contributed by atoms with Crippen molar-refractivity contribution in [3.05, 3.63) is 65.7 Å². The highest BCUT2D eigenvalue weighted by atomic mass is 32.2. The van der Waals surface area contributed by atoms with Crippen LogP contribution in [0.2, 0.25) is 0 Å². The number of carbonyl (C=O) groups is 1. The van der Waals surface area contributed by atoms with E-state index in [2.05, 4.69) is 29.2 Å². The minimum Gasteiger partial charge on any atom is -0.337 e. The van der Waals surface area contributed by atoms with Crippen molar-refractivity contribution < 1.29 is 13.2 Å². The summed E-state index contributed by atoms with van der Waals surface area (Å²) in [6, 6.07) is 17.1. The molecule has 0 saturated carbocycles. The third kappa shape index (κ3) is 5.49. The summed E-state index contributed by atoms with van der Waals surface area (Å²) in [7, 11) is -3.51. The molecule has 5 nitrogen and oxygen atoms in total. The Balaban J connectivity index is 1.61. The van der Waals surface area contributed by atoms with Gasteiger partial charge in [-0.15, -0.1) is 0 Å². The van der Waals surface area contributed by atoms with Crippen LogP contribution in [0.4, 0.5) is 0 Å². The smallest absolute Gasteiger partial charge is 0.255 e. The minimum atomic E-state index is -3.51. The second-order valence-corrected chi connectivity index (χ2v) is 10.6. The first-order chi connectivity index (χ1) is 14.4. The lowest BCUT2D eigenvalue weighted by Crippen LogP contribution is -2.36. The average Bonchev–Trinajstić information content (AvgIpc) is 2.99. The molecule has 0 aliphatic carbocycles. The normalized spacial score (nSPS) is 15.9. The van der Waals surface area contributed by atoms with Crippen molar-refractivity contribution >= 4 is 15.7 Å². The molecule has 0 radical (unpaired) electrons. The summed E-state index contributed by atoms with van der Waals surface area (Å²) in [6.45, 7) is 7.37. The Morgan fingerprint density at radius 3 is 2.37 bits per heavy atom. The predicted octanol–water partition coefficient (Wildman–Crippen LogP) is 3.65. The maximum absolute atomic E-state index is 13.2. The molecule has 1 aliphatic rings. The number of benzene rings is 2. The maximum Gasteiger partial charge on any atom is 0.255 e. The standard InChI is InChI=1S/C24H32N2O3S/c1-20(2)30(28,29)23-14-7-6-13-22(23)24(27)26-17-9-16-25(18-19-26)15-8-12-21-10-4-3-5-11-21/h3-7,10-11,13-14,20H,8-9,12,15-19H2,1-2H3. The quantitative estimate of drug-likeness (QED) is 0.675. The summed E-state index contributed by atoms with van der Waals surface area (Å²) < 4.78 is 25.4. The first-order valence-electron chi connectivity index (χ1n) is 10.8. The van der Waals surface area contributed by atoms with Gasteiger partial charge in [0.2, 0.25) is 0 Å². The first-order valence-corrected chi connectivity index (χ1v) is 12.3. The molecule has 162 valence electrons. The van der Waals surface area contributed by atoms with Gasteiger partial charge in [0.15, 0.2) is 9.84 Å². The molecule has 0 spiro atoms. The van der Waals surface area contributed by atoms with Crippen LogP contribution in [0.3, 0.4) is 0 Å². The average molecular weight is 429 g/mol. The van der Waals surface area contributed by atoms with Crippen molar-refractivity contribution in [3.63, 3.8) is 0 Å². The van der Waals surface area contributed by atoms with Crippen LogP contribution in [0.25, 0.3) is 0 Å². The largest absolute Gasteiger partial charge is 0.337 e.